The van der Waals surface area contributed by atoms with E-state index in [9.17, 15) is 30.7 Å². The largest absolute Gasteiger partial charge is 0.461 e. The van der Waals surface area contributed by atoms with Crippen LogP contribution in [0, 0.1) is 5.41 Å². The maximum atomic E-state index is 13.3. The van der Waals surface area contributed by atoms with Crippen LogP contribution in [0.1, 0.15) is 46.1 Å². The molecule has 1 aliphatic heterocycles. The fraction of sp³-hybridized carbons (Fsp3) is 0.538. The zero-order valence-electron chi connectivity index (χ0n) is 19.6. The Labute approximate surface area is 207 Å². The molecule has 0 bridgehead atoms. The maximum absolute atomic E-state index is 13.3. The molecular weight excluding hydrogens is 489 g/mol. The molecule has 1 heterocycles. The van der Waals surface area contributed by atoms with Gasteiger partial charge in [0.2, 0.25) is 0 Å². The van der Waals surface area contributed by atoms with Crippen LogP contribution in [0.3, 0.4) is 0 Å². The van der Waals surface area contributed by atoms with Gasteiger partial charge < -0.3 is 14.5 Å². The first-order valence-corrected chi connectivity index (χ1v) is 11.3. The highest BCUT2D eigenvalue weighted by molar-refractivity contribution is 5.60. The second-order valence-electron chi connectivity index (χ2n) is 9.57. The number of nitrogens with zero attached hydrogens (tertiary/aromatic N) is 2. The molecule has 0 aromatic heterocycles. The van der Waals surface area contributed by atoms with Gasteiger partial charge in [0.15, 0.2) is 0 Å². The van der Waals surface area contributed by atoms with Crippen LogP contribution in [0.5, 0.6) is 5.75 Å². The number of piperidine rings is 1. The quantitative estimate of drug-likeness (QED) is 0.309. The molecule has 0 spiro atoms. The molecule has 2 aromatic rings. The van der Waals surface area contributed by atoms with E-state index in [1.807, 2.05) is 12.1 Å². The Bertz CT molecular complexity index is 969. The van der Waals surface area contributed by atoms with Crippen molar-refractivity contribution in [1.29, 1.82) is 0 Å². The third-order valence-electron chi connectivity index (χ3n) is 6.12. The van der Waals surface area contributed by atoms with Crippen LogP contribution >= 0.6 is 0 Å². The van der Waals surface area contributed by atoms with E-state index in [1.54, 1.807) is 12.1 Å². The summed E-state index contributed by atoms with van der Waals surface area (Å²) in [6.07, 6.45) is -12.2. The van der Waals surface area contributed by atoms with Crippen LogP contribution in [-0.2, 0) is 6.54 Å². The van der Waals surface area contributed by atoms with E-state index in [2.05, 4.69) is 23.5 Å². The SMILES string of the molecule is C.CC1(C)CCN(c2cccc(N(CCC(F)(F)F)Cc3cccc(OC(F)(F)C(F)F)c3)c2)CC1. The Hall–Kier alpha value is -2.65. The number of benzene rings is 2. The lowest BCUT2D eigenvalue weighted by molar-refractivity contribution is -0.253. The fourth-order valence-corrected chi connectivity index (χ4v) is 3.95. The van der Waals surface area contributed by atoms with E-state index in [0.717, 1.165) is 43.8 Å². The molecule has 1 fully saturated rings. The van der Waals surface area contributed by atoms with Gasteiger partial charge in [0.05, 0.1) is 6.42 Å². The first-order chi connectivity index (χ1) is 16.2. The Kier molecular flexibility index (Phi) is 9.53. The van der Waals surface area contributed by atoms with Gasteiger partial charge in [0.25, 0.3) is 0 Å². The molecule has 0 N–H and O–H groups in total. The summed E-state index contributed by atoms with van der Waals surface area (Å²) in [5, 5.41) is 0. The number of hydrogen-bond acceptors (Lipinski definition) is 3. The van der Waals surface area contributed by atoms with Crippen LogP contribution in [0.2, 0.25) is 0 Å². The first-order valence-electron chi connectivity index (χ1n) is 11.3. The van der Waals surface area contributed by atoms with Crippen molar-refractivity contribution in [3.05, 3.63) is 54.1 Å². The second kappa shape index (κ2) is 11.6. The standard InChI is InChI=1S/C25H29F7N2O.CH4/c1-23(2)9-12-33(13-10-23)19-6-4-7-20(16-19)34(14-11-24(28,29)30)17-18-5-3-8-21(15-18)35-25(31,32)22(26)27;/h3-8,15-16,22H,9-14,17H2,1-2H3;1H4. The maximum Gasteiger partial charge on any atom is 0.461 e. The zero-order chi connectivity index (χ0) is 25.9. The molecule has 36 heavy (non-hydrogen) atoms. The van der Waals surface area contributed by atoms with Crippen molar-refractivity contribution in [2.75, 3.05) is 29.4 Å². The van der Waals surface area contributed by atoms with E-state index in [-0.39, 0.29) is 25.9 Å². The smallest absolute Gasteiger partial charge is 0.428 e. The molecule has 0 amide bonds. The summed E-state index contributed by atoms with van der Waals surface area (Å²) in [4.78, 5) is 3.69. The average Bonchev–Trinajstić information content (AvgIpc) is 2.76. The van der Waals surface area contributed by atoms with Gasteiger partial charge in [-0.15, -0.1) is 0 Å². The van der Waals surface area contributed by atoms with E-state index in [1.165, 1.54) is 17.0 Å². The van der Waals surface area contributed by atoms with Crippen molar-refractivity contribution in [3.63, 3.8) is 0 Å². The summed E-state index contributed by atoms with van der Waals surface area (Å²) >= 11 is 0. The van der Waals surface area contributed by atoms with Crippen LogP contribution < -0.4 is 14.5 Å². The molecule has 3 rings (SSSR count). The van der Waals surface area contributed by atoms with Gasteiger partial charge in [-0.05, 0) is 54.2 Å². The van der Waals surface area contributed by atoms with Crippen molar-refractivity contribution in [3.8, 4) is 5.75 Å². The van der Waals surface area contributed by atoms with E-state index < -0.39 is 30.9 Å². The molecule has 10 heteroatoms. The van der Waals surface area contributed by atoms with Crippen LogP contribution in [0.4, 0.5) is 42.1 Å². The van der Waals surface area contributed by atoms with Gasteiger partial charge >= 0.3 is 18.7 Å². The van der Waals surface area contributed by atoms with E-state index in [4.69, 9.17) is 0 Å². The highest BCUT2D eigenvalue weighted by atomic mass is 19.4. The normalized spacial score (nSPS) is 16.0. The Morgan fingerprint density at radius 1 is 0.972 bits per heavy atom. The first kappa shape index (κ1) is 29.6. The molecule has 2 aromatic carbocycles. The van der Waals surface area contributed by atoms with Crippen molar-refractivity contribution in [1.82, 2.24) is 0 Å². The molecule has 1 saturated heterocycles. The molecule has 0 unspecified atom stereocenters. The molecule has 0 saturated carbocycles. The van der Waals surface area contributed by atoms with Gasteiger partial charge in [-0.1, -0.05) is 39.5 Å². The van der Waals surface area contributed by atoms with Crippen molar-refractivity contribution >= 4 is 11.4 Å². The molecule has 0 atom stereocenters. The summed E-state index contributed by atoms with van der Waals surface area (Å²) in [7, 11) is 0. The van der Waals surface area contributed by atoms with Crippen LogP contribution in [-0.4, -0.2) is 38.3 Å². The predicted octanol–water partition coefficient (Wildman–Crippen LogP) is 8.14. The van der Waals surface area contributed by atoms with E-state index >= 15 is 0 Å². The lowest BCUT2D eigenvalue weighted by atomic mass is 9.82. The Morgan fingerprint density at radius 2 is 1.61 bits per heavy atom. The summed E-state index contributed by atoms with van der Waals surface area (Å²) in [6.45, 7) is 5.65. The van der Waals surface area contributed by atoms with Gasteiger partial charge in [0.1, 0.15) is 5.75 Å². The number of ether oxygens (including phenoxy) is 1. The topological polar surface area (TPSA) is 15.7 Å². The number of rotatable bonds is 9. The second-order valence-corrected chi connectivity index (χ2v) is 9.57. The number of halogens is 7. The van der Waals surface area contributed by atoms with E-state index in [0.29, 0.717) is 11.3 Å². The lowest BCUT2D eigenvalue weighted by Crippen LogP contribution is -2.37. The molecule has 202 valence electrons. The minimum absolute atomic E-state index is 0. The van der Waals surface area contributed by atoms with Crippen LogP contribution in [0.25, 0.3) is 0 Å². The summed E-state index contributed by atoms with van der Waals surface area (Å²) in [5.74, 6) is -0.492. The van der Waals surface area contributed by atoms with Gasteiger partial charge in [-0.2, -0.15) is 30.7 Å². The van der Waals surface area contributed by atoms with Crippen molar-refractivity contribution in [2.45, 2.75) is 65.8 Å². The zero-order valence-corrected chi connectivity index (χ0v) is 19.6. The summed E-state index contributed by atoms with van der Waals surface area (Å²) in [6, 6.07) is 12.3. The Morgan fingerprint density at radius 3 is 2.22 bits per heavy atom. The van der Waals surface area contributed by atoms with Gasteiger partial charge in [0, 0.05) is 37.6 Å². The Balaban J connectivity index is 0.00000456. The highest BCUT2D eigenvalue weighted by Gasteiger charge is 2.44. The fourth-order valence-electron chi connectivity index (χ4n) is 3.95. The minimum atomic E-state index is -4.67. The molecule has 1 aliphatic rings. The van der Waals surface area contributed by atoms with Crippen molar-refractivity contribution in [2.24, 2.45) is 5.41 Å². The third-order valence-corrected chi connectivity index (χ3v) is 6.12. The molecular formula is C26H33F7N2O. The predicted molar refractivity (Wildman–Crippen MR) is 128 cm³/mol. The number of alkyl halides is 7. The summed E-state index contributed by atoms with van der Waals surface area (Å²) < 4.78 is 94.8. The average molecular weight is 523 g/mol. The van der Waals surface area contributed by atoms with Gasteiger partial charge in [-0.3, -0.25) is 0 Å². The minimum Gasteiger partial charge on any atom is -0.428 e. The summed E-state index contributed by atoms with van der Waals surface area (Å²) in [5.41, 5.74) is 2.02. The molecule has 3 nitrogen and oxygen atoms in total. The third kappa shape index (κ3) is 8.48. The number of hydrogen-bond donors (Lipinski definition) is 0. The lowest BCUT2D eigenvalue weighted by Gasteiger charge is -2.38. The monoisotopic (exact) mass is 522 g/mol. The molecule has 0 radical (unpaired) electrons. The van der Waals surface area contributed by atoms with Crippen molar-refractivity contribution < 1.29 is 35.5 Å². The van der Waals surface area contributed by atoms with Crippen LogP contribution in [0.15, 0.2) is 48.5 Å². The highest BCUT2D eigenvalue weighted by Crippen LogP contribution is 2.34. The molecule has 0 aliphatic carbocycles. The van der Waals surface area contributed by atoms with Gasteiger partial charge in [-0.25, -0.2) is 0 Å². The number of anilines is 2.